The molecule has 0 fully saturated rings. The summed E-state index contributed by atoms with van der Waals surface area (Å²) in [6.07, 6.45) is 0. The van der Waals surface area contributed by atoms with Crippen molar-refractivity contribution in [1.82, 2.24) is 5.43 Å². The number of hydrogen-bond acceptors (Lipinski definition) is 3. The summed E-state index contributed by atoms with van der Waals surface area (Å²) in [4.78, 5) is 0. The van der Waals surface area contributed by atoms with Gasteiger partial charge in [-0.25, -0.2) is 0 Å². The van der Waals surface area contributed by atoms with E-state index in [0.29, 0.717) is 0 Å². The van der Waals surface area contributed by atoms with Crippen LogP contribution in [-0.4, -0.2) is 5.29 Å². The molecule has 1 aliphatic heterocycles. The van der Waals surface area contributed by atoms with Crippen molar-refractivity contribution in [3.8, 4) is 0 Å². The second kappa shape index (κ2) is 1.22. The normalized spacial score (nSPS) is 17.2. The van der Waals surface area contributed by atoms with Crippen molar-refractivity contribution < 1.29 is 0 Å². The average molecular weight is 103 g/mol. The molecule has 0 aromatic heterocycles. The number of hydrogen-bond donors (Lipinski definition) is 0. The third-order valence-electron chi connectivity index (χ3n) is 0.294. The van der Waals surface area contributed by atoms with Crippen LogP contribution in [0, 0.1) is 0 Å². The molecule has 0 unspecified atom stereocenters. The number of rotatable bonds is 0. The van der Waals surface area contributed by atoms with E-state index in [1.807, 2.05) is 0 Å². The fraction of sp³-hybridized carbons (Fsp3) is 0. The van der Waals surface area contributed by atoms with Gasteiger partial charge in [0.2, 0.25) is 0 Å². The lowest BCUT2D eigenvalue weighted by molar-refractivity contribution is 0.927. The minimum absolute atomic E-state index is 0.0926. The molecule has 5 heteroatoms. The van der Waals surface area contributed by atoms with Gasteiger partial charge in [-0.1, -0.05) is 10.5 Å². The van der Waals surface area contributed by atoms with E-state index in [2.05, 4.69) is 21.0 Å². The Hall–Kier alpha value is -0.640. The van der Waals surface area contributed by atoms with E-state index < -0.39 is 0 Å². The zero-order valence-corrected chi connectivity index (χ0v) is 3.42. The Labute approximate surface area is 38.9 Å². The van der Waals surface area contributed by atoms with Gasteiger partial charge in [-0.2, -0.15) is 0 Å². The van der Waals surface area contributed by atoms with Gasteiger partial charge >= 0.3 is 0 Å². The fourth-order valence-corrected chi connectivity index (χ4v) is 0.201. The number of amidine groups is 1. The summed E-state index contributed by atoms with van der Waals surface area (Å²) in [6, 6.07) is 0. The Morgan fingerprint density at radius 3 is 2.33 bits per heavy atom. The van der Waals surface area contributed by atoms with Crippen molar-refractivity contribution >= 4 is 16.9 Å². The van der Waals surface area contributed by atoms with E-state index >= 15 is 0 Å². The van der Waals surface area contributed by atoms with Crippen molar-refractivity contribution in [3.05, 3.63) is 0 Å². The lowest BCUT2D eigenvalue weighted by Gasteiger charge is -1.68. The van der Waals surface area contributed by atoms with Gasteiger partial charge in [0.15, 0.2) is 0 Å². The maximum absolute atomic E-state index is 5.11. The minimum Gasteiger partial charge on any atom is -0.0938 e. The van der Waals surface area contributed by atoms with Gasteiger partial charge in [-0.15, -0.1) is 0 Å². The first-order chi connectivity index (χ1) is 2.89. The molecule has 1 heterocycles. The molecular formula is CClN4. The number of nitrogens with zero attached hydrogens (tertiary/aromatic N) is 4. The van der Waals surface area contributed by atoms with Gasteiger partial charge in [0, 0.05) is 0 Å². The summed E-state index contributed by atoms with van der Waals surface area (Å²) < 4.78 is 0. The Morgan fingerprint density at radius 2 is 2.17 bits per heavy atom. The highest BCUT2D eigenvalue weighted by molar-refractivity contribution is 6.64. The molecule has 0 aromatic rings. The highest BCUT2D eigenvalue weighted by Gasteiger charge is 1.96. The molecular weight excluding hydrogens is 103 g/mol. The Bertz CT molecular complexity index is 104. The second-order valence-corrected chi connectivity index (χ2v) is 0.986. The monoisotopic (exact) mass is 103 g/mol. The minimum atomic E-state index is 0.0926. The first kappa shape index (κ1) is 3.55. The van der Waals surface area contributed by atoms with E-state index in [1.165, 1.54) is 0 Å². The summed E-state index contributed by atoms with van der Waals surface area (Å²) in [6.45, 7) is 0. The van der Waals surface area contributed by atoms with Crippen LogP contribution < -0.4 is 5.43 Å². The standard InChI is InChI=1S/CClN4/c2-1-3-5-6-4-1. The first-order valence-corrected chi connectivity index (χ1v) is 1.61. The zero-order valence-electron chi connectivity index (χ0n) is 2.67. The van der Waals surface area contributed by atoms with Crippen LogP contribution in [0.1, 0.15) is 0 Å². The van der Waals surface area contributed by atoms with Gasteiger partial charge in [-0.05, 0) is 22.0 Å². The van der Waals surface area contributed by atoms with Crippen LogP contribution in [-0.2, 0) is 0 Å². The molecule has 1 radical (unpaired) electrons. The van der Waals surface area contributed by atoms with Crippen LogP contribution in [0.15, 0.2) is 15.5 Å². The third-order valence-corrected chi connectivity index (χ3v) is 0.446. The highest BCUT2D eigenvalue weighted by atomic mass is 35.5. The van der Waals surface area contributed by atoms with Gasteiger partial charge < -0.3 is 0 Å². The van der Waals surface area contributed by atoms with Gasteiger partial charge in [0.1, 0.15) is 0 Å². The average Bonchev–Trinajstić information content (AvgIpc) is 1.86. The van der Waals surface area contributed by atoms with Crippen molar-refractivity contribution in [3.63, 3.8) is 0 Å². The summed E-state index contributed by atoms with van der Waals surface area (Å²) in [7, 11) is 0. The van der Waals surface area contributed by atoms with Crippen LogP contribution in [0.25, 0.3) is 0 Å². The maximum atomic E-state index is 5.11. The predicted molar refractivity (Wildman–Crippen MR) is 20.3 cm³/mol. The van der Waals surface area contributed by atoms with Gasteiger partial charge in [0.05, 0.1) is 0 Å². The predicted octanol–water partition coefficient (Wildman–Crippen LogP) is 0.481. The van der Waals surface area contributed by atoms with Crippen molar-refractivity contribution in [1.29, 1.82) is 0 Å². The smallest absolute Gasteiger partial charge is 0.0938 e. The third kappa shape index (κ3) is 0.463. The van der Waals surface area contributed by atoms with E-state index in [0.717, 1.165) is 0 Å². The molecule has 0 atom stereocenters. The number of halogens is 1. The quantitative estimate of drug-likeness (QED) is 0.401. The Morgan fingerprint density at radius 1 is 1.33 bits per heavy atom. The fourth-order valence-electron chi connectivity index (χ4n) is 0.134. The summed E-state index contributed by atoms with van der Waals surface area (Å²) in [5, 5.41) is 9.46. The Balaban J connectivity index is 2.61. The maximum Gasteiger partial charge on any atom is 0.266 e. The molecule has 31 valence electrons. The van der Waals surface area contributed by atoms with Crippen LogP contribution in [0.5, 0.6) is 0 Å². The molecule has 0 saturated heterocycles. The zero-order chi connectivity index (χ0) is 4.41. The molecule has 0 aliphatic carbocycles. The Kier molecular flexibility index (Phi) is 0.719. The molecule has 6 heavy (non-hydrogen) atoms. The summed E-state index contributed by atoms with van der Waals surface area (Å²) in [5.41, 5.74) is 3.21. The summed E-state index contributed by atoms with van der Waals surface area (Å²) >= 11 is 5.11. The highest BCUT2D eigenvalue weighted by Crippen LogP contribution is 1.91. The van der Waals surface area contributed by atoms with Gasteiger partial charge in [-0.3, -0.25) is 0 Å². The molecule has 0 N–H and O–H groups in total. The first-order valence-electron chi connectivity index (χ1n) is 1.24. The molecule has 0 aromatic carbocycles. The van der Waals surface area contributed by atoms with Crippen LogP contribution in [0.2, 0.25) is 0 Å². The molecule has 0 amide bonds. The van der Waals surface area contributed by atoms with Crippen LogP contribution in [0.4, 0.5) is 0 Å². The van der Waals surface area contributed by atoms with Gasteiger partial charge in [0.25, 0.3) is 5.29 Å². The molecule has 1 rings (SSSR count). The van der Waals surface area contributed by atoms with E-state index in [9.17, 15) is 0 Å². The van der Waals surface area contributed by atoms with E-state index in [4.69, 9.17) is 11.6 Å². The van der Waals surface area contributed by atoms with E-state index in [-0.39, 0.29) is 5.29 Å². The van der Waals surface area contributed by atoms with Crippen molar-refractivity contribution in [2.75, 3.05) is 0 Å². The van der Waals surface area contributed by atoms with Crippen molar-refractivity contribution in [2.24, 2.45) is 15.5 Å². The molecule has 4 nitrogen and oxygen atoms in total. The lowest BCUT2D eigenvalue weighted by atomic mass is 11.3. The second-order valence-electron chi connectivity index (χ2n) is 0.648. The summed E-state index contributed by atoms with van der Waals surface area (Å²) in [5.74, 6) is 0. The molecule has 0 bridgehead atoms. The van der Waals surface area contributed by atoms with Crippen molar-refractivity contribution in [2.45, 2.75) is 0 Å². The topological polar surface area (TPSA) is 51.2 Å². The molecule has 0 spiro atoms. The molecule has 1 aliphatic rings. The van der Waals surface area contributed by atoms with E-state index in [1.54, 1.807) is 0 Å². The largest absolute Gasteiger partial charge is 0.266 e. The lowest BCUT2D eigenvalue weighted by Crippen LogP contribution is -1.93. The van der Waals surface area contributed by atoms with Crippen LogP contribution >= 0.6 is 11.6 Å². The molecule has 0 saturated carbocycles. The SMILES string of the molecule is ClC1=NN=N[N]1. The van der Waals surface area contributed by atoms with Crippen LogP contribution in [0.3, 0.4) is 0 Å².